The molecule has 1 saturated carbocycles. The summed E-state index contributed by atoms with van der Waals surface area (Å²) in [5.74, 6) is 2.13. The van der Waals surface area contributed by atoms with Gasteiger partial charge >= 0.3 is 0 Å². The fourth-order valence-corrected chi connectivity index (χ4v) is 3.91. The molecule has 104 valence electrons. The second-order valence-corrected chi connectivity index (χ2v) is 6.10. The molecule has 19 heavy (non-hydrogen) atoms. The molecule has 1 aromatic heterocycles. The van der Waals surface area contributed by atoms with Crippen LogP contribution < -0.4 is 10.2 Å². The highest BCUT2D eigenvalue weighted by atomic mass is 15.2. The molecule has 0 aromatic carbocycles. The zero-order valence-corrected chi connectivity index (χ0v) is 12.2. The number of piperidine rings is 1. The molecule has 1 saturated heterocycles. The first-order chi connectivity index (χ1) is 9.28. The molecular formula is C16H25N3. The standard InChI is InChI=1S/C16H25N3/c1-12-9-13(11-17-2)10-16(18-12)19-8-4-6-14-5-3-7-15(14)19/h9-10,14-15,17H,3-8,11H2,1-2H3. The van der Waals surface area contributed by atoms with Crippen molar-refractivity contribution in [3.63, 3.8) is 0 Å². The molecule has 2 fully saturated rings. The van der Waals surface area contributed by atoms with Crippen LogP contribution in [0.15, 0.2) is 12.1 Å². The average Bonchev–Trinajstić information content (AvgIpc) is 2.86. The number of fused-ring (bicyclic) bond motifs is 1. The van der Waals surface area contributed by atoms with Gasteiger partial charge in [0.1, 0.15) is 5.82 Å². The molecule has 0 amide bonds. The van der Waals surface area contributed by atoms with Gasteiger partial charge in [-0.25, -0.2) is 4.98 Å². The molecule has 1 aliphatic carbocycles. The van der Waals surface area contributed by atoms with E-state index in [4.69, 9.17) is 4.98 Å². The molecule has 0 bridgehead atoms. The lowest BCUT2D eigenvalue weighted by molar-refractivity contribution is 0.360. The third-order valence-corrected chi connectivity index (χ3v) is 4.67. The summed E-state index contributed by atoms with van der Waals surface area (Å²) >= 11 is 0. The highest BCUT2D eigenvalue weighted by Gasteiger charge is 2.35. The lowest BCUT2D eigenvalue weighted by atomic mass is 9.92. The molecule has 3 nitrogen and oxygen atoms in total. The Morgan fingerprint density at radius 1 is 1.26 bits per heavy atom. The molecule has 1 aliphatic heterocycles. The molecule has 2 atom stereocenters. The molecule has 2 aliphatic rings. The van der Waals surface area contributed by atoms with Crippen LogP contribution in [0.2, 0.25) is 0 Å². The first-order valence-electron chi connectivity index (χ1n) is 7.67. The van der Waals surface area contributed by atoms with Crippen molar-refractivity contribution in [1.82, 2.24) is 10.3 Å². The predicted octanol–water partition coefficient (Wildman–Crippen LogP) is 2.88. The minimum Gasteiger partial charge on any atom is -0.353 e. The largest absolute Gasteiger partial charge is 0.353 e. The van der Waals surface area contributed by atoms with Gasteiger partial charge in [-0.1, -0.05) is 6.42 Å². The fourth-order valence-electron chi connectivity index (χ4n) is 3.91. The van der Waals surface area contributed by atoms with Gasteiger partial charge in [-0.3, -0.25) is 0 Å². The van der Waals surface area contributed by atoms with Gasteiger partial charge in [0.2, 0.25) is 0 Å². The maximum Gasteiger partial charge on any atom is 0.129 e. The third kappa shape index (κ3) is 2.62. The summed E-state index contributed by atoms with van der Waals surface area (Å²) < 4.78 is 0. The summed E-state index contributed by atoms with van der Waals surface area (Å²) in [4.78, 5) is 7.39. The van der Waals surface area contributed by atoms with Gasteiger partial charge in [-0.2, -0.15) is 0 Å². The Hall–Kier alpha value is -1.09. The van der Waals surface area contributed by atoms with E-state index >= 15 is 0 Å². The number of rotatable bonds is 3. The van der Waals surface area contributed by atoms with Gasteiger partial charge in [0.15, 0.2) is 0 Å². The molecule has 1 aromatic rings. The number of hydrogen-bond donors (Lipinski definition) is 1. The van der Waals surface area contributed by atoms with E-state index in [9.17, 15) is 0 Å². The van der Waals surface area contributed by atoms with Gasteiger partial charge in [0.05, 0.1) is 0 Å². The number of aromatic nitrogens is 1. The Morgan fingerprint density at radius 3 is 2.95 bits per heavy atom. The van der Waals surface area contributed by atoms with Crippen LogP contribution in [0.1, 0.15) is 43.4 Å². The zero-order chi connectivity index (χ0) is 13.2. The summed E-state index contributed by atoms with van der Waals surface area (Å²) in [6.07, 6.45) is 6.95. The smallest absolute Gasteiger partial charge is 0.129 e. The van der Waals surface area contributed by atoms with Crippen LogP contribution in [0.5, 0.6) is 0 Å². The number of aryl methyl sites for hydroxylation is 1. The Kier molecular flexibility index (Phi) is 3.74. The van der Waals surface area contributed by atoms with E-state index in [-0.39, 0.29) is 0 Å². The van der Waals surface area contributed by atoms with Crippen LogP contribution in [0.25, 0.3) is 0 Å². The zero-order valence-electron chi connectivity index (χ0n) is 12.2. The van der Waals surface area contributed by atoms with Gasteiger partial charge in [-0.05, 0) is 63.3 Å². The van der Waals surface area contributed by atoms with E-state index in [1.807, 2.05) is 7.05 Å². The number of nitrogens with zero attached hydrogens (tertiary/aromatic N) is 2. The first-order valence-corrected chi connectivity index (χ1v) is 7.67. The molecule has 2 heterocycles. The Bertz CT molecular complexity index is 444. The molecule has 1 N–H and O–H groups in total. The minimum absolute atomic E-state index is 0.755. The van der Waals surface area contributed by atoms with E-state index in [1.165, 1.54) is 50.0 Å². The van der Waals surface area contributed by atoms with Crippen LogP contribution in [0, 0.1) is 12.8 Å². The molecular weight excluding hydrogens is 234 g/mol. The normalized spacial score (nSPS) is 26.5. The summed E-state index contributed by atoms with van der Waals surface area (Å²) in [5, 5.41) is 3.24. The van der Waals surface area contributed by atoms with Gasteiger partial charge in [0, 0.05) is 24.8 Å². The highest BCUT2D eigenvalue weighted by molar-refractivity contribution is 5.44. The topological polar surface area (TPSA) is 28.2 Å². The molecule has 0 spiro atoms. The highest BCUT2D eigenvalue weighted by Crippen LogP contribution is 2.38. The van der Waals surface area contributed by atoms with Crippen molar-refractivity contribution in [3.8, 4) is 0 Å². The van der Waals surface area contributed by atoms with Crippen LogP contribution in [0.3, 0.4) is 0 Å². The Balaban J connectivity index is 1.87. The van der Waals surface area contributed by atoms with Crippen molar-refractivity contribution in [1.29, 1.82) is 0 Å². The van der Waals surface area contributed by atoms with Crippen molar-refractivity contribution in [3.05, 3.63) is 23.4 Å². The second kappa shape index (κ2) is 5.49. The van der Waals surface area contributed by atoms with E-state index in [0.717, 1.165) is 24.2 Å². The molecule has 3 heteroatoms. The number of pyridine rings is 1. The summed E-state index contributed by atoms with van der Waals surface area (Å²) in [6.45, 7) is 4.23. The minimum atomic E-state index is 0.755. The van der Waals surface area contributed by atoms with Crippen molar-refractivity contribution < 1.29 is 0 Å². The number of anilines is 1. The van der Waals surface area contributed by atoms with Crippen LogP contribution >= 0.6 is 0 Å². The van der Waals surface area contributed by atoms with E-state index < -0.39 is 0 Å². The lowest BCUT2D eigenvalue weighted by Gasteiger charge is -2.39. The maximum atomic E-state index is 4.80. The maximum absolute atomic E-state index is 4.80. The molecule has 3 rings (SSSR count). The Morgan fingerprint density at radius 2 is 2.11 bits per heavy atom. The summed E-state index contributed by atoms with van der Waals surface area (Å²) in [6, 6.07) is 5.23. The second-order valence-electron chi connectivity index (χ2n) is 6.10. The van der Waals surface area contributed by atoms with Gasteiger partial charge in [-0.15, -0.1) is 0 Å². The Labute approximate surface area is 116 Å². The monoisotopic (exact) mass is 259 g/mol. The summed E-state index contributed by atoms with van der Waals surface area (Å²) in [5.41, 5.74) is 2.49. The lowest BCUT2D eigenvalue weighted by Crippen LogP contribution is -2.43. The SMILES string of the molecule is CNCc1cc(C)nc(N2CCCC3CCCC32)c1. The van der Waals surface area contributed by atoms with E-state index in [2.05, 4.69) is 29.3 Å². The first kappa shape index (κ1) is 12.9. The quantitative estimate of drug-likeness (QED) is 0.904. The third-order valence-electron chi connectivity index (χ3n) is 4.67. The van der Waals surface area contributed by atoms with E-state index in [0.29, 0.717) is 0 Å². The number of nitrogens with one attached hydrogen (secondary N) is 1. The van der Waals surface area contributed by atoms with Crippen molar-refractivity contribution in [2.75, 3.05) is 18.5 Å². The number of hydrogen-bond acceptors (Lipinski definition) is 3. The molecule has 0 radical (unpaired) electrons. The van der Waals surface area contributed by atoms with Crippen molar-refractivity contribution in [2.24, 2.45) is 5.92 Å². The van der Waals surface area contributed by atoms with Crippen LogP contribution in [-0.2, 0) is 6.54 Å². The van der Waals surface area contributed by atoms with Gasteiger partial charge in [0.25, 0.3) is 0 Å². The van der Waals surface area contributed by atoms with Crippen LogP contribution in [-0.4, -0.2) is 24.6 Å². The predicted molar refractivity (Wildman–Crippen MR) is 79.4 cm³/mol. The van der Waals surface area contributed by atoms with Crippen molar-refractivity contribution in [2.45, 2.75) is 51.6 Å². The fraction of sp³-hybridized carbons (Fsp3) is 0.688. The van der Waals surface area contributed by atoms with Crippen molar-refractivity contribution >= 4 is 5.82 Å². The average molecular weight is 259 g/mol. The van der Waals surface area contributed by atoms with E-state index in [1.54, 1.807) is 0 Å². The molecule has 2 unspecified atom stereocenters. The van der Waals surface area contributed by atoms with Crippen LogP contribution in [0.4, 0.5) is 5.82 Å². The summed E-state index contributed by atoms with van der Waals surface area (Å²) in [7, 11) is 2.00. The van der Waals surface area contributed by atoms with Gasteiger partial charge < -0.3 is 10.2 Å².